The summed E-state index contributed by atoms with van der Waals surface area (Å²) in [7, 11) is -3.73. The Morgan fingerprint density at radius 2 is 1.76 bits per heavy atom. The van der Waals surface area contributed by atoms with E-state index < -0.39 is 16.1 Å². The summed E-state index contributed by atoms with van der Waals surface area (Å²) in [6.07, 6.45) is 2.25. The molecule has 7 nitrogen and oxygen atoms in total. The number of thiazole rings is 1. The Bertz CT molecular complexity index is 1100. The highest BCUT2D eigenvalue weighted by Crippen LogP contribution is 2.31. The zero-order chi connectivity index (χ0) is 23.8. The fourth-order valence-electron chi connectivity index (χ4n) is 5.12. The van der Waals surface area contributed by atoms with Gasteiger partial charge in [-0.3, -0.25) is 9.69 Å². The molecule has 2 aromatic rings. The van der Waals surface area contributed by atoms with Crippen molar-refractivity contribution >= 4 is 27.3 Å². The molecule has 3 heterocycles. The number of aryl methyl sites for hydroxylation is 4. The van der Waals surface area contributed by atoms with Gasteiger partial charge in [-0.05, 0) is 51.2 Å². The lowest BCUT2D eigenvalue weighted by Gasteiger charge is -2.37. The summed E-state index contributed by atoms with van der Waals surface area (Å²) in [6, 6.07) is 3.20. The van der Waals surface area contributed by atoms with Crippen molar-refractivity contribution in [2.75, 3.05) is 32.7 Å². The molecule has 2 aliphatic heterocycles. The van der Waals surface area contributed by atoms with Gasteiger partial charge in [-0.1, -0.05) is 24.6 Å². The lowest BCUT2D eigenvalue weighted by Crippen LogP contribution is -2.54. The summed E-state index contributed by atoms with van der Waals surface area (Å²) in [6.45, 7) is 11.8. The Morgan fingerprint density at radius 3 is 2.36 bits per heavy atom. The van der Waals surface area contributed by atoms with Crippen LogP contribution < -0.4 is 0 Å². The second-order valence-corrected chi connectivity index (χ2v) is 12.0. The molecule has 0 aliphatic carbocycles. The molecule has 0 spiro atoms. The molecular formula is C24H34N4O3S2. The molecule has 1 aromatic carbocycles. The highest BCUT2D eigenvalue weighted by molar-refractivity contribution is 7.89. The van der Waals surface area contributed by atoms with Crippen LogP contribution in [0.15, 0.2) is 22.4 Å². The van der Waals surface area contributed by atoms with E-state index in [2.05, 4.69) is 22.2 Å². The average molecular weight is 491 g/mol. The maximum absolute atomic E-state index is 13.6. The summed E-state index contributed by atoms with van der Waals surface area (Å²) in [5.41, 5.74) is 3.62. The highest BCUT2D eigenvalue weighted by Gasteiger charge is 2.42. The van der Waals surface area contributed by atoms with E-state index in [9.17, 15) is 13.2 Å². The predicted octanol–water partition coefficient (Wildman–Crippen LogP) is 3.13. The van der Waals surface area contributed by atoms with Crippen molar-refractivity contribution in [3.8, 4) is 0 Å². The lowest BCUT2D eigenvalue weighted by atomic mass is 10.1. The van der Waals surface area contributed by atoms with Gasteiger partial charge in [-0.25, -0.2) is 13.4 Å². The van der Waals surface area contributed by atoms with E-state index in [4.69, 9.17) is 0 Å². The van der Waals surface area contributed by atoms with Gasteiger partial charge in [0, 0.05) is 44.6 Å². The second-order valence-electron chi connectivity index (χ2n) is 9.19. The van der Waals surface area contributed by atoms with E-state index in [1.165, 1.54) is 4.31 Å². The normalized spacial score (nSPS) is 20.5. The molecule has 0 radical (unpaired) electrons. The van der Waals surface area contributed by atoms with Crippen LogP contribution in [0.4, 0.5) is 0 Å². The number of hydrogen-bond donors (Lipinski definition) is 0. The Kier molecular flexibility index (Phi) is 7.23. The van der Waals surface area contributed by atoms with Crippen molar-refractivity contribution < 1.29 is 13.2 Å². The van der Waals surface area contributed by atoms with Gasteiger partial charge >= 0.3 is 0 Å². The van der Waals surface area contributed by atoms with Crippen LogP contribution in [-0.2, 0) is 27.8 Å². The van der Waals surface area contributed by atoms with Crippen molar-refractivity contribution in [2.24, 2.45) is 0 Å². The van der Waals surface area contributed by atoms with Gasteiger partial charge in [0.05, 0.1) is 15.6 Å². The Morgan fingerprint density at radius 1 is 1.09 bits per heavy atom. The summed E-state index contributed by atoms with van der Waals surface area (Å²) < 4.78 is 28.7. The Labute approximate surface area is 201 Å². The number of piperazine rings is 1. The molecule has 2 aliphatic rings. The third-order valence-electron chi connectivity index (χ3n) is 6.63. The molecule has 33 heavy (non-hydrogen) atoms. The van der Waals surface area contributed by atoms with E-state index in [0.717, 1.165) is 53.4 Å². The van der Waals surface area contributed by atoms with Crippen LogP contribution in [0.25, 0.3) is 0 Å². The first kappa shape index (κ1) is 24.3. The molecule has 1 amide bonds. The molecule has 2 saturated heterocycles. The Hall–Kier alpha value is -1.81. The molecule has 0 saturated carbocycles. The van der Waals surface area contributed by atoms with Crippen molar-refractivity contribution in [1.82, 2.24) is 19.1 Å². The number of benzene rings is 1. The van der Waals surface area contributed by atoms with Crippen LogP contribution in [0, 0.1) is 20.8 Å². The van der Waals surface area contributed by atoms with E-state index in [-0.39, 0.29) is 5.91 Å². The molecule has 4 rings (SSSR count). The van der Waals surface area contributed by atoms with Gasteiger partial charge in [0.1, 0.15) is 6.04 Å². The zero-order valence-corrected chi connectivity index (χ0v) is 21.6. The van der Waals surface area contributed by atoms with Crippen molar-refractivity contribution in [1.29, 1.82) is 0 Å². The molecule has 0 N–H and O–H groups in total. The summed E-state index contributed by atoms with van der Waals surface area (Å²) >= 11 is 1.70. The Balaban J connectivity index is 1.43. The third-order valence-corrected chi connectivity index (χ3v) is 9.89. The SMILES string of the molecule is CCc1nc(CN2CCN(C(=O)C3CCCN3S(=O)(=O)c3c(C)cc(C)cc3C)CC2)cs1. The summed E-state index contributed by atoms with van der Waals surface area (Å²) in [5, 5.41) is 3.27. The average Bonchev–Trinajstić information content (AvgIpc) is 3.43. The van der Waals surface area contributed by atoms with Gasteiger partial charge < -0.3 is 4.90 Å². The number of carbonyl (C=O) groups is 1. The standard InChI is InChI=1S/C24H34N4O3S2/c1-5-22-25-20(16-32-22)15-26-9-11-27(12-10-26)24(29)21-7-6-8-28(21)33(30,31)23-18(3)13-17(2)14-19(23)4/h13-14,16,21H,5-12,15H2,1-4H3. The minimum atomic E-state index is -3.73. The van der Waals surface area contributed by atoms with E-state index in [1.54, 1.807) is 11.3 Å². The van der Waals surface area contributed by atoms with Crippen LogP contribution >= 0.6 is 11.3 Å². The quantitative estimate of drug-likeness (QED) is 0.622. The van der Waals surface area contributed by atoms with E-state index in [1.807, 2.05) is 37.8 Å². The molecule has 2 fully saturated rings. The van der Waals surface area contributed by atoms with Gasteiger partial charge in [-0.15, -0.1) is 11.3 Å². The monoisotopic (exact) mass is 490 g/mol. The topological polar surface area (TPSA) is 73.8 Å². The predicted molar refractivity (Wildman–Crippen MR) is 131 cm³/mol. The van der Waals surface area contributed by atoms with Gasteiger partial charge in [0.25, 0.3) is 0 Å². The van der Waals surface area contributed by atoms with E-state index >= 15 is 0 Å². The zero-order valence-electron chi connectivity index (χ0n) is 20.0. The first-order valence-corrected chi connectivity index (χ1v) is 14.1. The molecule has 180 valence electrons. The van der Waals surface area contributed by atoms with Crippen LogP contribution in [0.1, 0.15) is 47.2 Å². The highest BCUT2D eigenvalue weighted by atomic mass is 32.2. The fraction of sp³-hybridized carbons (Fsp3) is 0.583. The van der Waals surface area contributed by atoms with Crippen LogP contribution in [-0.4, -0.2) is 72.2 Å². The number of rotatable bonds is 6. The molecular weight excluding hydrogens is 456 g/mol. The van der Waals surface area contributed by atoms with Crippen LogP contribution in [0.3, 0.4) is 0 Å². The lowest BCUT2D eigenvalue weighted by molar-refractivity contribution is -0.136. The van der Waals surface area contributed by atoms with Gasteiger partial charge in [-0.2, -0.15) is 4.31 Å². The minimum absolute atomic E-state index is 0.0555. The molecule has 1 unspecified atom stereocenters. The number of nitrogens with zero attached hydrogens (tertiary/aromatic N) is 4. The fourth-order valence-corrected chi connectivity index (χ4v) is 7.92. The molecule has 0 bridgehead atoms. The van der Waals surface area contributed by atoms with Gasteiger partial charge in [0.2, 0.25) is 15.9 Å². The second kappa shape index (κ2) is 9.82. The molecule has 1 aromatic heterocycles. The maximum atomic E-state index is 13.6. The minimum Gasteiger partial charge on any atom is -0.339 e. The van der Waals surface area contributed by atoms with Crippen LogP contribution in [0.2, 0.25) is 0 Å². The summed E-state index contributed by atoms with van der Waals surface area (Å²) in [5.74, 6) is -0.0555. The third kappa shape index (κ3) is 5.01. The number of aromatic nitrogens is 1. The smallest absolute Gasteiger partial charge is 0.244 e. The van der Waals surface area contributed by atoms with Crippen molar-refractivity contribution in [2.45, 2.75) is 64.4 Å². The number of sulfonamides is 1. The number of amides is 1. The largest absolute Gasteiger partial charge is 0.339 e. The number of carbonyl (C=O) groups excluding carboxylic acids is 1. The summed E-state index contributed by atoms with van der Waals surface area (Å²) in [4.78, 5) is 22.6. The first-order chi connectivity index (χ1) is 15.7. The van der Waals surface area contributed by atoms with E-state index in [0.29, 0.717) is 37.4 Å². The van der Waals surface area contributed by atoms with Crippen molar-refractivity contribution in [3.63, 3.8) is 0 Å². The maximum Gasteiger partial charge on any atom is 0.244 e. The molecule has 1 atom stereocenters. The van der Waals surface area contributed by atoms with Crippen LogP contribution in [0.5, 0.6) is 0 Å². The first-order valence-electron chi connectivity index (χ1n) is 11.7. The van der Waals surface area contributed by atoms with Gasteiger partial charge in [0.15, 0.2) is 0 Å². The molecule has 9 heteroatoms. The number of hydrogen-bond acceptors (Lipinski definition) is 6. The van der Waals surface area contributed by atoms with Crippen molar-refractivity contribution in [3.05, 3.63) is 44.9 Å².